The zero-order valence-electron chi connectivity index (χ0n) is 10.0. The minimum absolute atomic E-state index is 0.449. The first-order chi connectivity index (χ1) is 8.15. The number of anilines is 2. The summed E-state index contributed by atoms with van der Waals surface area (Å²) in [5.74, 6) is 2.65. The zero-order valence-corrected chi connectivity index (χ0v) is 10.0. The van der Waals surface area contributed by atoms with Crippen LogP contribution in [0.2, 0.25) is 0 Å². The van der Waals surface area contributed by atoms with Crippen LogP contribution in [0.5, 0.6) is 0 Å². The van der Waals surface area contributed by atoms with Gasteiger partial charge in [0.15, 0.2) is 0 Å². The number of hydrogen-bond acceptors (Lipinski definition) is 7. The number of nitrogens with zero attached hydrogens (tertiary/aromatic N) is 5. The maximum Gasteiger partial charge on any atom is 0.235 e. The second-order valence-corrected chi connectivity index (χ2v) is 3.72. The third kappa shape index (κ3) is 2.90. The van der Waals surface area contributed by atoms with Crippen molar-refractivity contribution >= 4 is 11.6 Å². The van der Waals surface area contributed by atoms with Gasteiger partial charge in [-0.05, 0) is 0 Å². The van der Waals surface area contributed by atoms with Crippen LogP contribution in [0.3, 0.4) is 0 Å². The molecule has 0 saturated carbocycles. The summed E-state index contributed by atoms with van der Waals surface area (Å²) in [4.78, 5) is 10.1. The lowest BCUT2D eigenvalue weighted by Crippen LogP contribution is -2.11. The molecule has 0 fully saturated rings. The molecule has 7 nitrogen and oxygen atoms in total. The van der Waals surface area contributed by atoms with Crippen LogP contribution in [0.4, 0.5) is 11.6 Å². The van der Waals surface area contributed by atoms with E-state index < -0.39 is 0 Å². The van der Waals surface area contributed by atoms with Crippen LogP contribution in [-0.2, 0) is 6.54 Å². The molecule has 0 aliphatic heterocycles. The molecule has 0 aromatic carbocycles. The highest BCUT2D eigenvalue weighted by atomic mass is 16.4. The van der Waals surface area contributed by atoms with Crippen molar-refractivity contribution in [3.63, 3.8) is 0 Å². The first-order valence-corrected chi connectivity index (χ1v) is 5.17. The van der Waals surface area contributed by atoms with Gasteiger partial charge in [0.05, 0.1) is 6.54 Å². The molecule has 17 heavy (non-hydrogen) atoms. The summed E-state index contributed by atoms with van der Waals surface area (Å²) < 4.78 is 5.24. The van der Waals surface area contributed by atoms with Crippen LogP contribution in [0.25, 0.3) is 0 Å². The average Bonchev–Trinajstić information content (AvgIpc) is 2.73. The lowest BCUT2D eigenvalue weighted by atomic mass is 10.5. The van der Waals surface area contributed by atoms with E-state index in [4.69, 9.17) is 4.42 Å². The molecule has 0 aliphatic rings. The Morgan fingerprint density at radius 1 is 1.29 bits per heavy atom. The molecule has 0 atom stereocenters. The predicted molar refractivity (Wildman–Crippen MR) is 62.7 cm³/mol. The highest BCUT2D eigenvalue weighted by Crippen LogP contribution is 2.11. The largest absolute Gasteiger partial charge is 0.424 e. The summed E-state index contributed by atoms with van der Waals surface area (Å²) in [5.41, 5.74) is 0. The highest BCUT2D eigenvalue weighted by Gasteiger charge is 2.04. The smallest absolute Gasteiger partial charge is 0.235 e. The van der Waals surface area contributed by atoms with E-state index in [0.29, 0.717) is 18.3 Å². The van der Waals surface area contributed by atoms with E-state index in [0.717, 1.165) is 11.6 Å². The van der Waals surface area contributed by atoms with Crippen molar-refractivity contribution in [3.05, 3.63) is 24.2 Å². The Morgan fingerprint density at radius 3 is 2.76 bits per heavy atom. The summed E-state index contributed by atoms with van der Waals surface area (Å²) in [5, 5.41) is 10.7. The molecule has 2 rings (SSSR count). The summed E-state index contributed by atoms with van der Waals surface area (Å²) in [6.07, 6.45) is 1.51. The first kappa shape index (κ1) is 11.3. The molecule has 90 valence electrons. The molecule has 0 bridgehead atoms. The fourth-order valence-electron chi connectivity index (χ4n) is 1.26. The fraction of sp³-hybridized carbons (Fsp3) is 0.400. The highest BCUT2D eigenvalue weighted by molar-refractivity contribution is 5.47. The molecule has 0 radical (unpaired) electrons. The van der Waals surface area contributed by atoms with Gasteiger partial charge in [-0.3, -0.25) is 0 Å². The summed E-state index contributed by atoms with van der Waals surface area (Å²) >= 11 is 0. The van der Waals surface area contributed by atoms with Gasteiger partial charge in [-0.2, -0.15) is 0 Å². The van der Waals surface area contributed by atoms with Crippen molar-refractivity contribution in [1.82, 2.24) is 20.2 Å². The Morgan fingerprint density at radius 2 is 2.12 bits per heavy atom. The number of rotatable bonds is 4. The van der Waals surface area contributed by atoms with Crippen molar-refractivity contribution in [2.45, 2.75) is 13.5 Å². The van der Waals surface area contributed by atoms with E-state index in [9.17, 15) is 0 Å². The van der Waals surface area contributed by atoms with Crippen LogP contribution < -0.4 is 10.2 Å². The Balaban J connectivity index is 2.01. The SMILES string of the molecule is Cc1nnc(CNc2cc(N(C)C)ncn2)o1. The molecular formula is C10H14N6O. The first-order valence-electron chi connectivity index (χ1n) is 5.17. The third-order valence-electron chi connectivity index (χ3n) is 2.10. The molecule has 7 heteroatoms. The van der Waals surface area contributed by atoms with Gasteiger partial charge in [-0.1, -0.05) is 0 Å². The molecule has 0 unspecified atom stereocenters. The minimum atomic E-state index is 0.449. The summed E-state index contributed by atoms with van der Waals surface area (Å²) in [6.45, 7) is 2.20. The second-order valence-electron chi connectivity index (χ2n) is 3.72. The predicted octanol–water partition coefficient (Wildman–Crippen LogP) is 0.846. The van der Waals surface area contributed by atoms with Crippen molar-refractivity contribution in [2.75, 3.05) is 24.3 Å². The normalized spacial score (nSPS) is 10.3. The van der Waals surface area contributed by atoms with Crippen LogP contribution in [0.15, 0.2) is 16.8 Å². The van der Waals surface area contributed by atoms with E-state index in [1.54, 1.807) is 6.92 Å². The Hall–Kier alpha value is -2.18. The molecule has 1 N–H and O–H groups in total. The Bertz CT molecular complexity index is 495. The maximum absolute atomic E-state index is 5.24. The number of nitrogens with one attached hydrogen (secondary N) is 1. The molecule has 0 spiro atoms. The summed E-state index contributed by atoms with van der Waals surface area (Å²) in [7, 11) is 3.85. The third-order valence-corrected chi connectivity index (χ3v) is 2.10. The molecule has 0 saturated heterocycles. The standard InChI is InChI=1S/C10H14N6O/c1-7-14-15-10(17-7)5-11-8-4-9(16(2)3)13-6-12-8/h4,6H,5H2,1-3H3,(H,11,12,13). The van der Waals surface area contributed by atoms with E-state index in [2.05, 4.69) is 25.5 Å². The van der Waals surface area contributed by atoms with Gasteiger partial charge in [0.1, 0.15) is 18.0 Å². The van der Waals surface area contributed by atoms with Gasteiger partial charge < -0.3 is 14.6 Å². The lowest BCUT2D eigenvalue weighted by Gasteiger charge is -2.11. The van der Waals surface area contributed by atoms with E-state index >= 15 is 0 Å². The van der Waals surface area contributed by atoms with Gasteiger partial charge in [0.2, 0.25) is 11.8 Å². The Kier molecular flexibility index (Phi) is 3.17. The molecule has 2 aromatic heterocycles. The van der Waals surface area contributed by atoms with Crippen LogP contribution in [0.1, 0.15) is 11.8 Å². The van der Waals surface area contributed by atoms with Gasteiger partial charge in [0, 0.05) is 27.1 Å². The van der Waals surface area contributed by atoms with Gasteiger partial charge >= 0.3 is 0 Å². The molecule has 0 amide bonds. The van der Waals surface area contributed by atoms with Gasteiger partial charge in [0.25, 0.3) is 0 Å². The van der Waals surface area contributed by atoms with Crippen LogP contribution in [-0.4, -0.2) is 34.3 Å². The van der Waals surface area contributed by atoms with Crippen molar-refractivity contribution < 1.29 is 4.42 Å². The zero-order chi connectivity index (χ0) is 12.3. The molecular weight excluding hydrogens is 220 g/mol. The van der Waals surface area contributed by atoms with Crippen LogP contribution >= 0.6 is 0 Å². The van der Waals surface area contributed by atoms with Crippen molar-refractivity contribution in [1.29, 1.82) is 0 Å². The lowest BCUT2D eigenvalue weighted by molar-refractivity contribution is 0.474. The van der Waals surface area contributed by atoms with Gasteiger partial charge in [-0.15, -0.1) is 10.2 Å². The van der Waals surface area contributed by atoms with Gasteiger partial charge in [-0.25, -0.2) is 9.97 Å². The minimum Gasteiger partial charge on any atom is -0.424 e. The van der Waals surface area contributed by atoms with Crippen molar-refractivity contribution in [2.24, 2.45) is 0 Å². The average molecular weight is 234 g/mol. The maximum atomic E-state index is 5.24. The van der Waals surface area contributed by atoms with E-state index in [-0.39, 0.29) is 0 Å². The number of aromatic nitrogens is 4. The monoisotopic (exact) mass is 234 g/mol. The second kappa shape index (κ2) is 4.77. The quantitative estimate of drug-likeness (QED) is 0.839. The number of aryl methyl sites for hydroxylation is 1. The Labute approximate surface area is 98.9 Å². The molecule has 0 aliphatic carbocycles. The number of hydrogen-bond donors (Lipinski definition) is 1. The van der Waals surface area contributed by atoms with Crippen molar-refractivity contribution in [3.8, 4) is 0 Å². The van der Waals surface area contributed by atoms with Crippen LogP contribution in [0, 0.1) is 6.92 Å². The topological polar surface area (TPSA) is 80.0 Å². The van der Waals surface area contributed by atoms with E-state index in [1.807, 2.05) is 25.1 Å². The van der Waals surface area contributed by atoms with E-state index in [1.165, 1.54) is 6.33 Å². The summed E-state index contributed by atoms with van der Waals surface area (Å²) in [6, 6.07) is 1.85. The molecule has 2 aromatic rings. The fourth-order valence-corrected chi connectivity index (χ4v) is 1.26. The molecule has 2 heterocycles.